The average Bonchev–Trinajstić information content (AvgIpc) is 2.55. The van der Waals surface area contributed by atoms with Gasteiger partial charge < -0.3 is 9.80 Å². The van der Waals surface area contributed by atoms with Crippen molar-refractivity contribution in [1.29, 1.82) is 0 Å². The normalized spacial score (nSPS) is 13.0. The number of hydrogen-bond donors (Lipinski definition) is 1. The van der Waals surface area contributed by atoms with Crippen molar-refractivity contribution >= 4 is 15.7 Å². The highest BCUT2D eigenvalue weighted by atomic mass is 32.2. The lowest BCUT2D eigenvalue weighted by atomic mass is 10.1. The molecule has 0 saturated heterocycles. The molecule has 0 amide bonds. The van der Waals surface area contributed by atoms with Crippen LogP contribution in [0.1, 0.15) is 17.2 Å². The summed E-state index contributed by atoms with van der Waals surface area (Å²) >= 11 is 0. The van der Waals surface area contributed by atoms with Gasteiger partial charge in [-0.3, -0.25) is 0 Å². The van der Waals surface area contributed by atoms with Crippen LogP contribution in [-0.4, -0.2) is 48.1 Å². The standard InChI is InChI=1S/C19H27N3O2S/c1-15-7-6-8-18(13-15)25(23,24)20-14-19(22(4)5)16-9-11-17(12-10-16)21(2)3/h6-13,19-20H,14H2,1-5H3. The van der Waals surface area contributed by atoms with Crippen LogP contribution in [0.15, 0.2) is 53.4 Å². The van der Waals surface area contributed by atoms with E-state index in [1.807, 2.05) is 75.2 Å². The van der Waals surface area contributed by atoms with Gasteiger partial charge >= 0.3 is 0 Å². The topological polar surface area (TPSA) is 52.7 Å². The number of benzene rings is 2. The maximum atomic E-state index is 12.5. The van der Waals surface area contributed by atoms with Gasteiger partial charge in [0.05, 0.1) is 4.90 Å². The molecule has 0 aromatic heterocycles. The molecule has 136 valence electrons. The Hall–Kier alpha value is -1.89. The second kappa shape index (κ2) is 7.99. The van der Waals surface area contributed by atoms with Gasteiger partial charge in [-0.05, 0) is 56.4 Å². The lowest BCUT2D eigenvalue weighted by Crippen LogP contribution is -2.34. The molecule has 0 aliphatic carbocycles. The third-order valence-corrected chi connectivity index (χ3v) is 5.61. The molecule has 0 spiro atoms. The van der Waals surface area contributed by atoms with E-state index in [9.17, 15) is 8.42 Å². The number of hydrogen-bond acceptors (Lipinski definition) is 4. The van der Waals surface area contributed by atoms with Crippen LogP contribution in [0.4, 0.5) is 5.69 Å². The van der Waals surface area contributed by atoms with Crippen LogP contribution in [0.5, 0.6) is 0 Å². The van der Waals surface area contributed by atoms with E-state index in [1.165, 1.54) is 0 Å². The molecule has 5 nitrogen and oxygen atoms in total. The summed E-state index contributed by atoms with van der Waals surface area (Å²) in [5, 5.41) is 0. The van der Waals surface area contributed by atoms with Crippen molar-refractivity contribution in [1.82, 2.24) is 9.62 Å². The molecule has 25 heavy (non-hydrogen) atoms. The Morgan fingerprint density at radius 3 is 2.16 bits per heavy atom. The van der Waals surface area contributed by atoms with E-state index in [1.54, 1.807) is 18.2 Å². The lowest BCUT2D eigenvalue weighted by molar-refractivity contribution is 0.299. The number of aryl methyl sites for hydroxylation is 1. The minimum atomic E-state index is -3.53. The molecular formula is C19H27N3O2S. The highest BCUT2D eigenvalue weighted by Crippen LogP contribution is 2.21. The second-order valence-corrected chi connectivity index (χ2v) is 8.40. The molecule has 0 aliphatic rings. The van der Waals surface area contributed by atoms with E-state index in [0.29, 0.717) is 11.4 Å². The van der Waals surface area contributed by atoms with E-state index >= 15 is 0 Å². The van der Waals surface area contributed by atoms with Crippen LogP contribution < -0.4 is 9.62 Å². The molecule has 0 saturated carbocycles. The van der Waals surface area contributed by atoms with E-state index in [4.69, 9.17) is 0 Å². The van der Waals surface area contributed by atoms with Gasteiger partial charge in [-0.2, -0.15) is 0 Å². The Balaban J connectivity index is 2.17. The SMILES string of the molecule is Cc1cccc(S(=O)(=O)NCC(c2ccc(N(C)C)cc2)N(C)C)c1. The summed E-state index contributed by atoms with van der Waals surface area (Å²) in [6.07, 6.45) is 0. The summed E-state index contributed by atoms with van der Waals surface area (Å²) in [6, 6.07) is 15.1. The van der Waals surface area contributed by atoms with Crippen molar-refractivity contribution in [2.75, 3.05) is 39.6 Å². The maximum absolute atomic E-state index is 12.5. The first-order valence-electron chi connectivity index (χ1n) is 8.21. The van der Waals surface area contributed by atoms with E-state index < -0.39 is 10.0 Å². The predicted molar refractivity (Wildman–Crippen MR) is 104 cm³/mol. The minimum Gasteiger partial charge on any atom is -0.378 e. The molecule has 6 heteroatoms. The molecule has 0 fully saturated rings. The predicted octanol–water partition coefficient (Wildman–Crippen LogP) is 2.64. The minimum absolute atomic E-state index is 0.0456. The Kier molecular flexibility index (Phi) is 6.21. The Morgan fingerprint density at radius 2 is 1.64 bits per heavy atom. The van der Waals surface area contributed by atoms with Crippen LogP contribution in [0.25, 0.3) is 0 Å². The number of anilines is 1. The van der Waals surface area contributed by atoms with Gasteiger partial charge in [-0.25, -0.2) is 13.1 Å². The van der Waals surface area contributed by atoms with Gasteiger partial charge in [0, 0.05) is 32.4 Å². The highest BCUT2D eigenvalue weighted by molar-refractivity contribution is 7.89. The monoisotopic (exact) mass is 361 g/mol. The van der Waals surface area contributed by atoms with Gasteiger partial charge in [0.2, 0.25) is 10.0 Å². The second-order valence-electron chi connectivity index (χ2n) is 6.63. The average molecular weight is 362 g/mol. The number of nitrogens with one attached hydrogen (secondary N) is 1. The first-order valence-corrected chi connectivity index (χ1v) is 9.69. The smallest absolute Gasteiger partial charge is 0.240 e. The summed E-state index contributed by atoms with van der Waals surface area (Å²) in [5.74, 6) is 0. The molecule has 0 radical (unpaired) electrons. The first-order chi connectivity index (χ1) is 11.7. The van der Waals surface area contributed by atoms with Gasteiger partial charge in [-0.1, -0.05) is 24.3 Å². The summed E-state index contributed by atoms with van der Waals surface area (Å²) in [4.78, 5) is 4.35. The van der Waals surface area contributed by atoms with Crippen molar-refractivity contribution in [3.63, 3.8) is 0 Å². The maximum Gasteiger partial charge on any atom is 0.240 e. The van der Waals surface area contributed by atoms with Crippen molar-refractivity contribution in [3.05, 3.63) is 59.7 Å². The Labute approximate surface area is 151 Å². The summed E-state index contributed by atoms with van der Waals surface area (Å²) in [7, 11) is 4.36. The number of rotatable bonds is 7. The number of likely N-dealkylation sites (N-methyl/N-ethyl adjacent to an activating group) is 1. The van der Waals surface area contributed by atoms with Crippen LogP contribution in [0.2, 0.25) is 0 Å². The van der Waals surface area contributed by atoms with E-state index in [2.05, 4.69) is 4.72 Å². The zero-order valence-corrected chi connectivity index (χ0v) is 16.3. The van der Waals surface area contributed by atoms with Crippen LogP contribution >= 0.6 is 0 Å². The fourth-order valence-corrected chi connectivity index (χ4v) is 3.79. The van der Waals surface area contributed by atoms with Crippen molar-refractivity contribution in [3.8, 4) is 0 Å². The van der Waals surface area contributed by atoms with Crippen LogP contribution in [0, 0.1) is 6.92 Å². The molecule has 1 unspecified atom stereocenters. The molecule has 0 heterocycles. The van der Waals surface area contributed by atoms with Crippen molar-refractivity contribution in [2.45, 2.75) is 17.9 Å². The Morgan fingerprint density at radius 1 is 1.00 bits per heavy atom. The third-order valence-electron chi connectivity index (χ3n) is 4.18. The molecule has 2 rings (SSSR count). The van der Waals surface area contributed by atoms with Gasteiger partial charge in [-0.15, -0.1) is 0 Å². The molecular weight excluding hydrogens is 334 g/mol. The van der Waals surface area contributed by atoms with E-state index in [-0.39, 0.29) is 6.04 Å². The number of nitrogens with zero attached hydrogens (tertiary/aromatic N) is 2. The first kappa shape index (κ1) is 19.4. The molecule has 0 aliphatic heterocycles. The van der Waals surface area contributed by atoms with E-state index in [0.717, 1.165) is 16.8 Å². The fraction of sp³-hybridized carbons (Fsp3) is 0.368. The zero-order chi connectivity index (χ0) is 18.6. The van der Waals surface area contributed by atoms with Crippen molar-refractivity contribution < 1.29 is 8.42 Å². The quantitative estimate of drug-likeness (QED) is 0.824. The van der Waals surface area contributed by atoms with Crippen LogP contribution in [-0.2, 0) is 10.0 Å². The largest absolute Gasteiger partial charge is 0.378 e. The molecule has 1 atom stereocenters. The Bertz CT molecular complexity index is 800. The fourth-order valence-electron chi connectivity index (χ4n) is 2.65. The zero-order valence-electron chi connectivity index (χ0n) is 15.5. The van der Waals surface area contributed by atoms with Crippen molar-refractivity contribution in [2.24, 2.45) is 0 Å². The summed E-state index contributed by atoms with van der Waals surface area (Å²) in [5.41, 5.74) is 3.11. The molecule has 2 aromatic rings. The molecule has 2 aromatic carbocycles. The third kappa shape index (κ3) is 5.04. The van der Waals surface area contributed by atoms with Gasteiger partial charge in [0.25, 0.3) is 0 Å². The molecule has 1 N–H and O–H groups in total. The number of sulfonamides is 1. The van der Waals surface area contributed by atoms with Crippen LogP contribution in [0.3, 0.4) is 0 Å². The van der Waals surface area contributed by atoms with Gasteiger partial charge in [0.15, 0.2) is 0 Å². The lowest BCUT2D eigenvalue weighted by Gasteiger charge is -2.25. The summed E-state index contributed by atoms with van der Waals surface area (Å²) in [6.45, 7) is 2.19. The molecule has 0 bridgehead atoms. The highest BCUT2D eigenvalue weighted by Gasteiger charge is 2.19. The van der Waals surface area contributed by atoms with Gasteiger partial charge in [0.1, 0.15) is 0 Å². The summed E-state index contributed by atoms with van der Waals surface area (Å²) < 4.78 is 27.8.